The van der Waals surface area contributed by atoms with Crippen LogP contribution in [0.5, 0.6) is 23.0 Å². The minimum Gasteiger partial charge on any atom is -0.497 e. The highest BCUT2D eigenvalue weighted by molar-refractivity contribution is 5.97. The lowest BCUT2D eigenvalue weighted by Gasteiger charge is -2.07. The van der Waals surface area contributed by atoms with Crippen molar-refractivity contribution in [1.29, 1.82) is 0 Å². The molecule has 0 saturated heterocycles. The molecule has 2 N–H and O–H groups in total. The van der Waals surface area contributed by atoms with Gasteiger partial charge in [-0.3, -0.25) is 9.59 Å². The molecular weight excluding hydrogens is 438 g/mol. The number of benzene rings is 3. The van der Waals surface area contributed by atoms with Crippen molar-refractivity contribution in [2.24, 2.45) is 5.10 Å². The molecule has 1 heterocycles. The second-order valence-corrected chi connectivity index (χ2v) is 7.25. The van der Waals surface area contributed by atoms with Crippen molar-refractivity contribution in [2.45, 2.75) is 6.61 Å². The zero-order valence-corrected chi connectivity index (χ0v) is 18.4. The highest BCUT2D eigenvalue weighted by Crippen LogP contribution is 2.32. The third kappa shape index (κ3) is 6.04. The molecule has 0 atom stereocenters. The van der Waals surface area contributed by atoms with Crippen molar-refractivity contribution >= 4 is 18.0 Å². The van der Waals surface area contributed by atoms with Gasteiger partial charge in [-0.2, -0.15) is 5.10 Å². The Labute approximate surface area is 196 Å². The van der Waals surface area contributed by atoms with Crippen molar-refractivity contribution in [1.82, 2.24) is 10.7 Å². The average Bonchev–Trinajstić information content (AvgIpc) is 3.35. The average molecular weight is 461 g/mol. The van der Waals surface area contributed by atoms with Crippen LogP contribution in [0, 0.1) is 0 Å². The molecule has 0 radical (unpaired) electrons. The van der Waals surface area contributed by atoms with Crippen molar-refractivity contribution in [2.75, 3.05) is 20.4 Å². The standard InChI is InChI=1S/C25H23N3O6/c1-31-20-7-4-18(5-8-20)15-32-21-9-2-17(3-10-21)13-27-28-24(29)14-26-25(30)19-6-11-22-23(12-19)34-16-33-22/h2-13H,14-16H2,1H3,(H,26,30)(H,28,29)/b27-13-. The summed E-state index contributed by atoms with van der Waals surface area (Å²) < 4.78 is 21.4. The summed E-state index contributed by atoms with van der Waals surface area (Å²) >= 11 is 0. The molecule has 0 spiro atoms. The van der Waals surface area contributed by atoms with E-state index in [-0.39, 0.29) is 13.3 Å². The Morgan fingerprint density at radius 1 is 0.971 bits per heavy atom. The summed E-state index contributed by atoms with van der Waals surface area (Å²) in [7, 11) is 1.63. The maximum Gasteiger partial charge on any atom is 0.259 e. The lowest BCUT2D eigenvalue weighted by molar-refractivity contribution is -0.120. The number of hydrogen-bond acceptors (Lipinski definition) is 7. The van der Waals surface area contributed by atoms with Crippen LogP contribution in [0.3, 0.4) is 0 Å². The third-order valence-corrected chi connectivity index (χ3v) is 4.89. The number of hydrazone groups is 1. The van der Waals surface area contributed by atoms with Crippen molar-refractivity contribution in [3.05, 3.63) is 83.4 Å². The molecule has 0 aromatic heterocycles. The minimum absolute atomic E-state index is 0.125. The molecule has 0 aliphatic carbocycles. The summed E-state index contributed by atoms with van der Waals surface area (Å²) in [5, 5.41) is 6.45. The minimum atomic E-state index is -0.454. The van der Waals surface area contributed by atoms with E-state index >= 15 is 0 Å². The van der Waals surface area contributed by atoms with E-state index in [4.69, 9.17) is 18.9 Å². The highest BCUT2D eigenvalue weighted by atomic mass is 16.7. The third-order valence-electron chi connectivity index (χ3n) is 4.89. The summed E-state index contributed by atoms with van der Waals surface area (Å²) in [6, 6.07) is 19.8. The summed E-state index contributed by atoms with van der Waals surface area (Å²) in [5.74, 6) is 1.74. The van der Waals surface area contributed by atoms with Crippen LogP contribution in [-0.4, -0.2) is 38.5 Å². The predicted octanol–water partition coefficient (Wildman–Crippen LogP) is 2.88. The van der Waals surface area contributed by atoms with Crippen LogP contribution < -0.4 is 29.7 Å². The molecule has 1 aliphatic heterocycles. The molecular formula is C25H23N3O6. The number of nitrogens with zero attached hydrogens (tertiary/aromatic N) is 1. The van der Waals surface area contributed by atoms with Gasteiger partial charge in [-0.15, -0.1) is 0 Å². The van der Waals surface area contributed by atoms with Gasteiger partial charge in [0.25, 0.3) is 11.8 Å². The van der Waals surface area contributed by atoms with Crippen LogP contribution in [0.15, 0.2) is 71.8 Å². The maximum atomic E-state index is 12.2. The number of fused-ring (bicyclic) bond motifs is 1. The Morgan fingerprint density at radius 3 is 2.47 bits per heavy atom. The van der Waals surface area contributed by atoms with E-state index in [1.54, 1.807) is 25.3 Å². The van der Waals surface area contributed by atoms with Crippen molar-refractivity contribution in [3.8, 4) is 23.0 Å². The van der Waals surface area contributed by atoms with Gasteiger partial charge in [0, 0.05) is 5.56 Å². The largest absolute Gasteiger partial charge is 0.497 e. The number of ether oxygens (including phenoxy) is 4. The smallest absolute Gasteiger partial charge is 0.259 e. The fraction of sp³-hybridized carbons (Fsp3) is 0.160. The SMILES string of the molecule is COc1ccc(COc2ccc(/C=N\NC(=O)CNC(=O)c3ccc4c(c3)OCO4)cc2)cc1. The molecule has 0 bridgehead atoms. The summed E-state index contributed by atoms with van der Waals surface area (Å²) in [6.45, 7) is 0.342. The maximum absolute atomic E-state index is 12.2. The zero-order chi connectivity index (χ0) is 23.8. The van der Waals surface area contributed by atoms with Gasteiger partial charge in [0.2, 0.25) is 6.79 Å². The second kappa shape index (κ2) is 10.9. The molecule has 0 unspecified atom stereocenters. The second-order valence-electron chi connectivity index (χ2n) is 7.25. The lowest BCUT2D eigenvalue weighted by atomic mass is 10.2. The van der Waals surface area contributed by atoms with Gasteiger partial charge in [0.1, 0.15) is 18.1 Å². The first-order chi connectivity index (χ1) is 16.6. The van der Waals surface area contributed by atoms with E-state index < -0.39 is 11.8 Å². The number of carbonyl (C=O) groups excluding carboxylic acids is 2. The van der Waals surface area contributed by atoms with Crippen molar-refractivity contribution < 1.29 is 28.5 Å². The number of hydrogen-bond donors (Lipinski definition) is 2. The molecule has 0 saturated carbocycles. The van der Waals surface area contributed by atoms with Gasteiger partial charge < -0.3 is 24.3 Å². The monoisotopic (exact) mass is 461 g/mol. The normalized spacial score (nSPS) is 11.8. The van der Waals surface area contributed by atoms with Crippen molar-refractivity contribution in [3.63, 3.8) is 0 Å². The molecule has 1 aliphatic rings. The number of carbonyl (C=O) groups is 2. The van der Waals surface area contributed by atoms with Crippen LogP contribution in [0.25, 0.3) is 0 Å². The summed E-state index contributed by atoms with van der Waals surface area (Å²) in [4.78, 5) is 24.2. The van der Waals surface area contributed by atoms with E-state index in [0.717, 1.165) is 16.9 Å². The fourth-order valence-electron chi connectivity index (χ4n) is 3.06. The fourth-order valence-corrected chi connectivity index (χ4v) is 3.06. The van der Waals surface area contributed by atoms with E-state index in [9.17, 15) is 9.59 Å². The van der Waals surface area contributed by atoms with Gasteiger partial charge in [-0.1, -0.05) is 12.1 Å². The molecule has 3 aromatic carbocycles. The first-order valence-corrected chi connectivity index (χ1v) is 10.5. The Morgan fingerprint density at radius 2 is 1.71 bits per heavy atom. The van der Waals surface area contributed by atoms with Crippen LogP contribution >= 0.6 is 0 Å². The lowest BCUT2D eigenvalue weighted by Crippen LogP contribution is -2.34. The van der Waals surface area contributed by atoms with Crippen LogP contribution in [0.4, 0.5) is 0 Å². The van der Waals surface area contributed by atoms with Crippen LogP contribution in [-0.2, 0) is 11.4 Å². The predicted molar refractivity (Wildman–Crippen MR) is 124 cm³/mol. The summed E-state index contributed by atoms with van der Waals surface area (Å²) in [6.07, 6.45) is 1.50. The Kier molecular flexibility index (Phi) is 7.24. The van der Waals surface area contributed by atoms with Gasteiger partial charge in [-0.25, -0.2) is 5.43 Å². The van der Waals surface area contributed by atoms with Crippen LogP contribution in [0.2, 0.25) is 0 Å². The number of rotatable bonds is 9. The van der Waals surface area contributed by atoms with E-state index in [1.165, 1.54) is 6.21 Å². The molecule has 2 amide bonds. The number of nitrogens with one attached hydrogen (secondary N) is 2. The van der Waals surface area contributed by atoms with Gasteiger partial charge >= 0.3 is 0 Å². The molecule has 9 heteroatoms. The molecule has 174 valence electrons. The molecule has 34 heavy (non-hydrogen) atoms. The molecule has 0 fully saturated rings. The highest BCUT2D eigenvalue weighted by Gasteiger charge is 2.16. The van der Waals surface area contributed by atoms with Gasteiger partial charge in [0.05, 0.1) is 19.9 Å². The molecule has 4 rings (SSSR count). The summed E-state index contributed by atoms with van der Waals surface area (Å²) in [5.41, 5.74) is 4.56. The Balaban J connectivity index is 1.19. The molecule has 3 aromatic rings. The Hall–Kier alpha value is -4.53. The zero-order valence-electron chi connectivity index (χ0n) is 18.4. The Bertz CT molecular complexity index is 1180. The topological polar surface area (TPSA) is 107 Å². The quantitative estimate of drug-likeness (QED) is 0.375. The number of methoxy groups -OCH3 is 1. The van der Waals surface area contributed by atoms with E-state index in [1.807, 2.05) is 48.5 Å². The van der Waals surface area contributed by atoms with E-state index in [0.29, 0.717) is 29.4 Å². The first-order valence-electron chi connectivity index (χ1n) is 10.5. The van der Waals surface area contributed by atoms with Gasteiger partial charge in [0.15, 0.2) is 11.5 Å². The van der Waals surface area contributed by atoms with Crippen LogP contribution in [0.1, 0.15) is 21.5 Å². The number of amides is 2. The van der Waals surface area contributed by atoms with E-state index in [2.05, 4.69) is 15.8 Å². The molecule has 9 nitrogen and oxygen atoms in total. The van der Waals surface area contributed by atoms with Gasteiger partial charge in [-0.05, 0) is 65.7 Å². The first kappa shape index (κ1) is 22.7.